The van der Waals surface area contributed by atoms with Gasteiger partial charge in [-0.15, -0.1) is 0 Å². The van der Waals surface area contributed by atoms with Crippen LogP contribution in [0.25, 0.3) is 11.4 Å². The Hall–Kier alpha value is -3.57. The van der Waals surface area contributed by atoms with Gasteiger partial charge in [-0.25, -0.2) is 0 Å². The van der Waals surface area contributed by atoms with Crippen molar-refractivity contribution < 1.29 is 14.4 Å². The van der Waals surface area contributed by atoms with Gasteiger partial charge in [0.05, 0.1) is 22.5 Å². The number of hydrogen-bond acceptors (Lipinski definition) is 9. The van der Waals surface area contributed by atoms with Gasteiger partial charge < -0.3 is 9.42 Å². The predicted octanol–water partition coefficient (Wildman–Crippen LogP) is 3.53. The molecule has 0 atom stereocenters. The van der Waals surface area contributed by atoms with Gasteiger partial charge in [-0.05, 0) is 30.3 Å². The van der Waals surface area contributed by atoms with Crippen LogP contribution in [-0.4, -0.2) is 51.1 Å². The van der Waals surface area contributed by atoms with Crippen molar-refractivity contribution in [3.63, 3.8) is 0 Å². The van der Waals surface area contributed by atoms with E-state index in [4.69, 9.17) is 16.1 Å². The van der Waals surface area contributed by atoms with Crippen molar-refractivity contribution in [2.45, 2.75) is 6.54 Å². The van der Waals surface area contributed by atoms with Gasteiger partial charge in [-0.2, -0.15) is 4.98 Å². The van der Waals surface area contributed by atoms with Crippen molar-refractivity contribution in [1.29, 1.82) is 0 Å². The fourth-order valence-electron chi connectivity index (χ4n) is 3.41. The summed E-state index contributed by atoms with van der Waals surface area (Å²) in [5.41, 5.74) is 0.599. The highest BCUT2D eigenvalue weighted by atomic mass is 35.5. The summed E-state index contributed by atoms with van der Waals surface area (Å²) in [5, 5.41) is 26.9. The van der Waals surface area contributed by atoms with Crippen LogP contribution in [0, 0.1) is 20.2 Å². The van der Waals surface area contributed by atoms with Crippen LogP contribution < -0.4 is 4.90 Å². The number of aromatic nitrogens is 2. The molecule has 2 heterocycles. The minimum Gasteiger partial charge on any atom is -0.363 e. The molecule has 0 aliphatic carbocycles. The van der Waals surface area contributed by atoms with Crippen LogP contribution >= 0.6 is 11.6 Å². The number of hydrogen-bond donors (Lipinski definition) is 0. The third-order valence-electron chi connectivity index (χ3n) is 5.01. The molecule has 0 amide bonds. The number of benzene rings is 2. The first-order valence-corrected chi connectivity index (χ1v) is 9.77. The van der Waals surface area contributed by atoms with E-state index in [1.165, 1.54) is 12.1 Å². The number of piperazine rings is 1. The largest absolute Gasteiger partial charge is 0.363 e. The van der Waals surface area contributed by atoms with Crippen molar-refractivity contribution in [3.8, 4) is 11.4 Å². The molecule has 1 aromatic heterocycles. The number of nitro groups is 2. The number of nitro benzene ring substituents is 2. The van der Waals surface area contributed by atoms with Gasteiger partial charge in [0.1, 0.15) is 5.69 Å². The summed E-state index contributed by atoms with van der Waals surface area (Å²) >= 11 is 5.90. The molecule has 0 saturated carbocycles. The highest BCUT2D eigenvalue weighted by Crippen LogP contribution is 2.32. The molecule has 0 radical (unpaired) electrons. The number of nitrogens with zero attached hydrogens (tertiary/aromatic N) is 6. The van der Waals surface area contributed by atoms with Crippen LogP contribution in [0.1, 0.15) is 5.89 Å². The Morgan fingerprint density at radius 2 is 1.71 bits per heavy atom. The first-order chi connectivity index (χ1) is 14.9. The molecule has 0 spiro atoms. The first kappa shape index (κ1) is 20.7. The van der Waals surface area contributed by atoms with E-state index in [1.54, 1.807) is 12.1 Å². The minimum absolute atomic E-state index is 0.271. The Bertz CT molecular complexity index is 1110. The summed E-state index contributed by atoms with van der Waals surface area (Å²) in [5.74, 6) is 0.950. The Labute approximate surface area is 181 Å². The van der Waals surface area contributed by atoms with Crippen LogP contribution in [0.2, 0.25) is 5.02 Å². The van der Waals surface area contributed by atoms with Crippen molar-refractivity contribution in [2.24, 2.45) is 0 Å². The van der Waals surface area contributed by atoms with E-state index in [-0.39, 0.29) is 11.4 Å². The zero-order valence-electron chi connectivity index (χ0n) is 16.2. The van der Waals surface area contributed by atoms with Gasteiger partial charge in [-0.3, -0.25) is 25.1 Å². The summed E-state index contributed by atoms with van der Waals surface area (Å²) in [6, 6.07) is 10.8. The zero-order valence-corrected chi connectivity index (χ0v) is 16.9. The maximum atomic E-state index is 11.4. The minimum atomic E-state index is -0.641. The average molecular weight is 445 g/mol. The van der Waals surface area contributed by atoms with Crippen LogP contribution in [0.4, 0.5) is 17.1 Å². The predicted molar refractivity (Wildman–Crippen MR) is 112 cm³/mol. The van der Waals surface area contributed by atoms with E-state index in [2.05, 4.69) is 15.0 Å². The molecule has 4 rings (SSSR count). The van der Waals surface area contributed by atoms with Gasteiger partial charge in [0, 0.05) is 42.8 Å². The molecule has 160 valence electrons. The highest BCUT2D eigenvalue weighted by Gasteiger charge is 2.27. The van der Waals surface area contributed by atoms with Gasteiger partial charge in [0.15, 0.2) is 0 Å². The van der Waals surface area contributed by atoms with Crippen LogP contribution in [0.15, 0.2) is 47.0 Å². The molecule has 2 aromatic carbocycles. The standard InChI is InChI=1S/C19H17ClN6O5/c20-14-3-1-13(2-4-14)19-21-18(31-22-19)12-23-7-9-24(10-8-23)16-6-5-15(25(27)28)11-17(16)26(29)30/h1-6,11H,7-10,12H2. The van der Waals surface area contributed by atoms with Gasteiger partial charge in [0.2, 0.25) is 11.7 Å². The molecule has 1 aliphatic rings. The fourth-order valence-corrected chi connectivity index (χ4v) is 3.54. The first-order valence-electron chi connectivity index (χ1n) is 9.39. The number of rotatable bonds is 6. The molecule has 1 fully saturated rings. The van der Waals surface area contributed by atoms with Gasteiger partial charge in [0.25, 0.3) is 11.4 Å². The van der Waals surface area contributed by atoms with Gasteiger partial charge in [-0.1, -0.05) is 16.8 Å². The lowest BCUT2D eigenvalue weighted by Crippen LogP contribution is -2.46. The lowest BCUT2D eigenvalue weighted by atomic mass is 10.2. The summed E-state index contributed by atoms with van der Waals surface area (Å²) in [4.78, 5) is 29.5. The Kier molecular flexibility index (Phi) is 5.78. The molecule has 11 nitrogen and oxygen atoms in total. The Morgan fingerprint density at radius 3 is 2.35 bits per heavy atom. The normalized spacial score (nSPS) is 14.5. The summed E-state index contributed by atoms with van der Waals surface area (Å²) in [6.07, 6.45) is 0. The van der Waals surface area contributed by atoms with Gasteiger partial charge >= 0.3 is 0 Å². The van der Waals surface area contributed by atoms with Crippen molar-refractivity contribution in [3.05, 3.63) is 73.6 Å². The second kappa shape index (κ2) is 8.66. The molecule has 3 aromatic rings. The van der Waals surface area contributed by atoms with E-state index < -0.39 is 9.85 Å². The van der Waals surface area contributed by atoms with E-state index in [0.717, 1.165) is 11.6 Å². The molecule has 12 heteroatoms. The maximum absolute atomic E-state index is 11.4. The van der Waals surface area contributed by atoms with E-state index in [9.17, 15) is 20.2 Å². The molecule has 31 heavy (non-hydrogen) atoms. The maximum Gasteiger partial charge on any atom is 0.299 e. The van der Waals surface area contributed by atoms with Crippen LogP contribution in [0.5, 0.6) is 0 Å². The molecule has 1 saturated heterocycles. The molecule has 0 unspecified atom stereocenters. The molecule has 1 aliphatic heterocycles. The quantitative estimate of drug-likeness (QED) is 0.413. The topological polar surface area (TPSA) is 132 Å². The van der Waals surface area contributed by atoms with E-state index >= 15 is 0 Å². The Morgan fingerprint density at radius 1 is 1.00 bits per heavy atom. The highest BCUT2D eigenvalue weighted by molar-refractivity contribution is 6.30. The van der Waals surface area contributed by atoms with E-state index in [0.29, 0.717) is 55.1 Å². The lowest BCUT2D eigenvalue weighted by Gasteiger charge is -2.35. The molecular weight excluding hydrogens is 428 g/mol. The second-order valence-corrected chi connectivity index (χ2v) is 7.41. The monoisotopic (exact) mass is 444 g/mol. The molecular formula is C19H17ClN6O5. The third-order valence-corrected chi connectivity index (χ3v) is 5.26. The Balaban J connectivity index is 1.40. The third kappa shape index (κ3) is 4.62. The van der Waals surface area contributed by atoms with Crippen molar-refractivity contribution in [1.82, 2.24) is 15.0 Å². The number of halogens is 1. The SMILES string of the molecule is O=[N+]([O-])c1ccc(N2CCN(Cc3nc(-c4ccc(Cl)cc4)no3)CC2)c([N+](=O)[O-])c1. The smallest absolute Gasteiger partial charge is 0.299 e. The summed E-state index contributed by atoms with van der Waals surface area (Å²) < 4.78 is 5.35. The van der Waals surface area contributed by atoms with Crippen LogP contribution in [-0.2, 0) is 6.54 Å². The van der Waals surface area contributed by atoms with E-state index in [1.807, 2.05) is 17.0 Å². The number of anilines is 1. The zero-order chi connectivity index (χ0) is 22.0. The molecule has 0 N–H and O–H groups in total. The van der Waals surface area contributed by atoms with Crippen molar-refractivity contribution in [2.75, 3.05) is 31.1 Å². The summed E-state index contributed by atoms with van der Waals surface area (Å²) in [6.45, 7) is 2.74. The number of non-ortho nitro benzene ring substituents is 1. The van der Waals surface area contributed by atoms with Crippen molar-refractivity contribution >= 4 is 28.7 Å². The second-order valence-electron chi connectivity index (χ2n) is 6.97. The molecule has 0 bridgehead atoms. The van der Waals surface area contributed by atoms with Crippen LogP contribution in [0.3, 0.4) is 0 Å². The summed E-state index contributed by atoms with van der Waals surface area (Å²) in [7, 11) is 0. The average Bonchev–Trinajstić information content (AvgIpc) is 3.22. The fraction of sp³-hybridized carbons (Fsp3) is 0.263. The lowest BCUT2D eigenvalue weighted by molar-refractivity contribution is -0.393.